The van der Waals surface area contributed by atoms with Crippen LogP contribution < -0.4 is 10.2 Å². The van der Waals surface area contributed by atoms with Gasteiger partial charge >= 0.3 is 10.4 Å². The molecule has 0 spiro atoms. The van der Waals surface area contributed by atoms with Crippen LogP contribution in [0.3, 0.4) is 0 Å². The fourth-order valence-electron chi connectivity index (χ4n) is 0.916. The third-order valence-corrected chi connectivity index (χ3v) is 1.95. The Balaban J connectivity index is 3.08. The van der Waals surface area contributed by atoms with Gasteiger partial charge in [-0.1, -0.05) is 3.89 Å². The van der Waals surface area contributed by atoms with Crippen molar-refractivity contribution >= 4 is 16.3 Å². The van der Waals surface area contributed by atoms with Crippen molar-refractivity contribution in [2.75, 3.05) is 0 Å². The number of carbonyl (C=O) groups is 1. The second-order valence-corrected chi connectivity index (χ2v) is 3.84. The molecule has 1 aromatic heterocycles. The average Bonchev–Trinajstić information content (AvgIpc) is 1.99. The summed E-state index contributed by atoms with van der Waals surface area (Å²) in [5.74, 6) is -1.31. The summed E-state index contributed by atoms with van der Waals surface area (Å²) in [4.78, 5) is 24.7. The van der Waals surface area contributed by atoms with Crippen LogP contribution in [0.15, 0.2) is 17.1 Å². The van der Waals surface area contributed by atoms with Gasteiger partial charge in [-0.3, -0.25) is 9.59 Å². The molecule has 2 N–H and O–H groups in total. The van der Waals surface area contributed by atoms with E-state index in [1.165, 1.54) is 0 Å². The van der Waals surface area contributed by atoms with Crippen molar-refractivity contribution in [2.45, 2.75) is 6.92 Å². The van der Waals surface area contributed by atoms with E-state index in [0.717, 1.165) is 17.0 Å². The van der Waals surface area contributed by atoms with Crippen molar-refractivity contribution in [1.82, 2.24) is 9.71 Å². The largest absolute Gasteiger partial charge is 0.399 e. The zero-order valence-electron chi connectivity index (χ0n) is 7.57. The Labute approximate surface area is 84.5 Å². The fraction of sp³-hybridized carbons (Fsp3) is 0.143. The van der Waals surface area contributed by atoms with E-state index in [2.05, 4.69) is 4.98 Å². The monoisotopic (exact) mass is 234 g/mol. The Morgan fingerprint density at radius 2 is 2.13 bits per heavy atom. The molecule has 15 heavy (non-hydrogen) atoms. The highest BCUT2D eigenvalue weighted by Crippen LogP contribution is 1.94. The van der Waals surface area contributed by atoms with Crippen LogP contribution >= 0.6 is 0 Å². The van der Waals surface area contributed by atoms with E-state index in [0.29, 0.717) is 5.69 Å². The first-order chi connectivity index (χ1) is 6.79. The van der Waals surface area contributed by atoms with Crippen molar-refractivity contribution in [3.05, 3.63) is 33.7 Å². The normalized spacial score (nSPS) is 11.1. The molecule has 1 heterocycles. The molecule has 0 aliphatic heterocycles. The van der Waals surface area contributed by atoms with Gasteiger partial charge in [0.1, 0.15) is 5.56 Å². The minimum Gasteiger partial charge on any atom is -0.364 e. The molecule has 0 aliphatic carbocycles. The molecule has 8 heteroatoms. The van der Waals surface area contributed by atoms with E-state index in [4.69, 9.17) is 0 Å². The molecule has 0 aliphatic rings. The maximum absolute atomic E-state index is 12.1. The van der Waals surface area contributed by atoms with Crippen LogP contribution in [0.5, 0.6) is 0 Å². The summed E-state index contributed by atoms with van der Waals surface area (Å²) < 4.78 is 33.3. The number of aromatic amines is 1. The van der Waals surface area contributed by atoms with Crippen molar-refractivity contribution in [1.29, 1.82) is 0 Å². The summed E-state index contributed by atoms with van der Waals surface area (Å²) in [5.41, 5.74) is -0.658. The molecule has 1 rings (SSSR count). The molecule has 0 radical (unpaired) electrons. The molecule has 0 unspecified atom stereocenters. The van der Waals surface area contributed by atoms with E-state index in [1.54, 1.807) is 6.92 Å². The van der Waals surface area contributed by atoms with Crippen molar-refractivity contribution in [3.8, 4) is 0 Å². The van der Waals surface area contributed by atoms with Gasteiger partial charge in [0.05, 0.1) is 0 Å². The van der Waals surface area contributed by atoms with E-state index in [-0.39, 0.29) is 0 Å². The summed E-state index contributed by atoms with van der Waals surface area (Å²) in [7, 11) is -5.15. The van der Waals surface area contributed by atoms with E-state index in [9.17, 15) is 21.9 Å². The molecule has 0 fully saturated rings. The molecule has 1 amide bonds. The van der Waals surface area contributed by atoms with Crippen LogP contribution in [0.25, 0.3) is 0 Å². The van der Waals surface area contributed by atoms with Gasteiger partial charge in [-0.2, -0.15) is 8.42 Å². The summed E-state index contributed by atoms with van der Waals surface area (Å²) in [6, 6.07) is 1.10. The summed E-state index contributed by atoms with van der Waals surface area (Å²) in [6.07, 6.45) is 1.01. The van der Waals surface area contributed by atoms with Gasteiger partial charge in [-0.15, -0.1) is 0 Å². The van der Waals surface area contributed by atoms with Crippen molar-refractivity contribution in [2.24, 2.45) is 0 Å². The zero-order chi connectivity index (χ0) is 11.6. The molecule has 0 atom stereocenters. The minimum absolute atomic E-state index is 0.471. The number of amides is 1. The van der Waals surface area contributed by atoms with Gasteiger partial charge in [0.15, 0.2) is 5.43 Å². The van der Waals surface area contributed by atoms with Gasteiger partial charge in [0.2, 0.25) is 0 Å². The van der Waals surface area contributed by atoms with Crippen LogP contribution in [0.2, 0.25) is 0 Å². The molecule has 6 nitrogen and oxygen atoms in total. The number of aryl methyl sites for hydroxylation is 1. The number of aromatic nitrogens is 1. The van der Waals surface area contributed by atoms with Gasteiger partial charge in [0, 0.05) is 18.0 Å². The van der Waals surface area contributed by atoms with Gasteiger partial charge in [0.25, 0.3) is 5.91 Å². The Kier molecular flexibility index (Phi) is 2.89. The van der Waals surface area contributed by atoms with E-state index >= 15 is 0 Å². The number of halogens is 1. The van der Waals surface area contributed by atoms with E-state index < -0.39 is 27.3 Å². The summed E-state index contributed by atoms with van der Waals surface area (Å²) in [5, 5.41) is 0. The number of nitrogens with one attached hydrogen (secondary N) is 2. The highest BCUT2D eigenvalue weighted by atomic mass is 32.3. The first-order valence-electron chi connectivity index (χ1n) is 3.75. The number of carbonyl (C=O) groups excluding carboxylic acids is 1. The van der Waals surface area contributed by atoms with E-state index in [1.807, 2.05) is 0 Å². The fourth-order valence-corrected chi connectivity index (χ4v) is 1.25. The van der Waals surface area contributed by atoms with Crippen LogP contribution in [0, 0.1) is 6.92 Å². The van der Waals surface area contributed by atoms with Crippen molar-refractivity contribution < 1.29 is 17.1 Å². The van der Waals surface area contributed by atoms with Crippen LogP contribution in [0.4, 0.5) is 3.89 Å². The second-order valence-electron chi connectivity index (χ2n) is 2.76. The van der Waals surface area contributed by atoms with Crippen molar-refractivity contribution in [3.63, 3.8) is 0 Å². The SMILES string of the molecule is Cc1cc(=O)c(C(=O)NS(=O)(=O)F)c[nH]1. The second kappa shape index (κ2) is 3.81. The lowest BCUT2D eigenvalue weighted by Gasteiger charge is -1.99. The predicted octanol–water partition coefficient (Wildman–Crippen LogP) is -0.373. The quantitative estimate of drug-likeness (QED) is 0.682. The zero-order valence-corrected chi connectivity index (χ0v) is 8.39. The van der Waals surface area contributed by atoms with Crippen LogP contribution in [0.1, 0.15) is 16.1 Å². The topological polar surface area (TPSA) is 96.1 Å². The molecule has 0 bridgehead atoms. The number of rotatable bonds is 2. The predicted molar refractivity (Wildman–Crippen MR) is 49.3 cm³/mol. The molecule has 0 aromatic carbocycles. The first kappa shape index (κ1) is 11.4. The standard InChI is InChI=1S/C7H7FN2O4S/c1-4-2-6(11)5(3-9-4)7(12)10-15(8,13)14/h2-3H,1H3,(H,9,11)(H,10,12). The third kappa shape index (κ3) is 3.17. The molecular weight excluding hydrogens is 227 g/mol. The number of pyridine rings is 1. The maximum Gasteiger partial charge on any atom is 0.399 e. The maximum atomic E-state index is 12.1. The molecule has 1 aromatic rings. The lowest BCUT2D eigenvalue weighted by molar-refractivity contribution is 0.0978. The van der Waals surface area contributed by atoms with Gasteiger partial charge < -0.3 is 4.98 Å². The molecule has 82 valence electrons. The lowest BCUT2D eigenvalue weighted by Crippen LogP contribution is -2.31. The van der Waals surface area contributed by atoms with Crippen LogP contribution in [-0.2, 0) is 10.4 Å². The van der Waals surface area contributed by atoms with Gasteiger partial charge in [-0.05, 0) is 6.92 Å². The Hall–Kier alpha value is -1.70. The average molecular weight is 234 g/mol. The highest BCUT2D eigenvalue weighted by Gasteiger charge is 2.16. The Bertz CT molecular complexity index is 548. The molecule has 0 saturated carbocycles. The van der Waals surface area contributed by atoms with Crippen LogP contribution in [-0.4, -0.2) is 19.3 Å². The highest BCUT2D eigenvalue weighted by molar-refractivity contribution is 7.84. The number of hydrogen-bond donors (Lipinski definition) is 2. The Morgan fingerprint density at radius 1 is 1.53 bits per heavy atom. The lowest BCUT2D eigenvalue weighted by atomic mass is 10.2. The molecular formula is C7H7FN2O4S. The third-order valence-electron chi connectivity index (χ3n) is 1.52. The Morgan fingerprint density at radius 3 is 2.60 bits per heavy atom. The number of H-pyrrole nitrogens is 1. The van der Waals surface area contributed by atoms with Gasteiger partial charge in [-0.25, -0.2) is 4.72 Å². The smallest absolute Gasteiger partial charge is 0.364 e. The molecule has 0 saturated heterocycles. The number of hydrogen-bond acceptors (Lipinski definition) is 4. The summed E-state index contributed by atoms with van der Waals surface area (Å²) >= 11 is 0. The first-order valence-corrected chi connectivity index (χ1v) is 5.14. The summed E-state index contributed by atoms with van der Waals surface area (Å²) in [6.45, 7) is 1.58. The minimum atomic E-state index is -5.15.